The van der Waals surface area contributed by atoms with Gasteiger partial charge in [0.2, 0.25) is 0 Å². The summed E-state index contributed by atoms with van der Waals surface area (Å²) in [4.78, 5) is 29.9. The van der Waals surface area contributed by atoms with Gasteiger partial charge in [0, 0.05) is 29.6 Å². The van der Waals surface area contributed by atoms with E-state index in [1.807, 2.05) is 37.3 Å². The molecule has 0 aliphatic rings. The standard InChI is InChI=1S/C24H20N6O3/c1-14-21(24(33)30(28(14)2)16-9-4-3-5-10-16)22-17(12-15-8-6-7-11-18(15)31)23-26-20(32)13-19(25)29(23)27-22/h3-13,31H,25H2,1-2H3/b17-12-. The van der Waals surface area contributed by atoms with Gasteiger partial charge in [-0.25, -0.2) is 4.68 Å². The van der Waals surface area contributed by atoms with Crippen molar-refractivity contribution in [1.29, 1.82) is 0 Å². The van der Waals surface area contributed by atoms with E-state index in [2.05, 4.69) is 10.1 Å². The monoisotopic (exact) mass is 440 g/mol. The minimum Gasteiger partial charge on any atom is -0.507 e. The van der Waals surface area contributed by atoms with Crippen LogP contribution in [0, 0.1) is 6.92 Å². The van der Waals surface area contributed by atoms with Gasteiger partial charge in [-0.2, -0.15) is 14.6 Å². The first-order chi connectivity index (χ1) is 15.9. The number of phenolic OH excluding ortho intramolecular Hbond substituents is 1. The Kier molecular flexibility index (Phi) is 4.59. The maximum atomic E-state index is 13.6. The summed E-state index contributed by atoms with van der Waals surface area (Å²) in [5.74, 6) is 0.140. The molecule has 5 aromatic rings. The first kappa shape index (κ1) is 20.3. The molecule has 0 amide bonds. The Balaban J connectivity index is 1.92. The van der Waals surface area contributed by atoms with Crippen molar-refractivity contribution in [2.24, 2.45) is 7.05 Å². The van der Waals surface area contributed by atoms with Gasteiger partial charge in [-0.05, 0) is 31.2 Å². The lowest BCUT2D eigenvalue weighted by Gasteiger charge is -2.07. The molecule has 33 heavy (non-hydrogen) atoms. The summed E-state index contributed by atoms with van der Waals surface area (Å²) < 4.78 is 4.63. The summed E-state index contributed by atoms with van der Waals surface area (Å²) >= 11 is 0. The van der Waals surface area contributed by atoms with Crippen LogP contribution in [0.2, 0.25) is 0 Å². The quantitative estimate of drug-likeness (QED) is 0.437. The summed E-state index contributed by atoms with van der Waals surface area (Å²) in [7, 11) is 1.79. The zero-order valence-electron chi connectivity index (χ0n) is 17.9. The molecule has 0 spiro atoms. The SMILES string of the molecule is Cc1c(-c2nn3c(N)cc(=O)nc3/c2=C\c2ccccc2O)c(=O)n(-c2ccccc2)n1C. The summed E-state index contributed by atoms with van der Waals surface area (Å²) in [5, 5.41) is 15.3. The van der Waals surface area contributed by atoms with E-state index in [-0.39, 0.29) is 22.8 Å². The zero-order chi connectivity index (χ0) is 23.3. The van der Waals surface area contributed by atoms with E-state index in [1.165, 1.54) is 10.6 Å². The van der Waals surface area contributed by atoms with E-state index in [0.29, 0.717) is 33.4 Å². The number of hydrogen-bond acceptors (Lipinski definition) is 6. The van der Waals surface area contributed by atoms with Crippen LogP contribution in [-0.2, 0) is 7.05 Å². The second-order valence-corrected chi connectivity index (χ2v) is 7.66. The van der Waals surface area contributed by atoms with Gasteiger partial charge < -0.3 is 10.8 Å². The molecule has 5 rings (SSSR count). The summed E-state index contributed by atoms with van der Waals surface area (Å²) in [5.41, 5.74) is 7.97. The minimum absolute atomic E-state index is 0.0422. The van der Waals surface area contributed by atoms with Crippen molar-refractivity contribution >= 4 is 17.5 Å². The Labute approximate surface area is 187 Å². The first-order valence-electron chi connectivity index (χ1n) is 10.2. The third-order valence-corrected chi connectivity index (χ3v) is 5.66. The fourth-order valence-electron chi connectivity index (χ4n) is 3.96. The molecule has 3 N–H and O–H groups in total. The molecule has 164 valence electrons. The van der Waals surface area contributed by atoms with Crippen molar-refractivity contribution in [2.75, 3.05) is 5.73 Å². The number of nitrogen functional groups attached to an aromatic ring is 1. The first-order valence-corrected chi connectivity index (χ1v) is 10.2. The number of aromatic hydroxyl groups is 1. The highest BCUT2D eigenvalue weighted by Gasteiger charge is 2.23. The minimum atomic E-state index is -0.523. The van der Waals surface area contributed by atoms with Gasteiger partial charge >= 0.3 is 0 Å². The van der Waals surface area contributed by atoms with Gasteiger partial charge in [-0.1, -0.05) is 36.4 Å². The molecule has 0 aliphatic carbocycles. The molecular formula is C24H20N6O3. The van der Waals surface area contributed by atoms with E-state index < -0.39 is 5.56 Å². The lowest BCUT2D eigenvalue weighted by Crippen LogP contribution is -2.21. The molecule has 0 radical (unpaired) electrons. The largest absolute Gasteiger partial charge is 0.507 e. The number of benzene rings is 2. The molecule has 2 aromatic carbocycles. The molecule has 0 saturated heterocycles. The Bertz CT molecular complexity index is 1700. The topological polar surface area (TPSA) is 120 Å². The molecule has 0 aliphatic heterocycles. The average molecular weight is 440 g/mol. The lowest BCUT2D eigenvalue weighted by atomic mass is 10.1. The van der Waals surface area contributed by atoms with Crippen molar-refractivity contribution in [3.63, 3.8) is 0 Å². The van der Waals surface area contributed by atoms with E-state index in [0.717, 1.165) is 0 Å². The number of nitrogens with two attached hydrogens (primary N) is 1. The molecule has 9 nitrogen and oxygen atoms in total. The lowest BCUT2D eigenvalue weighted by molar-refractivity contribution is 0.474. The van der Waals surface area contributed by atoms with Gasteiger partial charge in [0.05, 0.1) is 11.3 Å². The van der Waals surface area contributed by atoms with Gasteiger partial charge in [-0.3, -0.25) is 14.3 Å². The Morgan fingerprint density at radius 2 is 1.73 bits per heavy atom. The van der Waals surface area contributed by atoms with E-state index >= 15 is 0 Å². The number of phenols is 1. The van der Waals surface area contributed by atoms with Crippen molar-refractivity contribution in [3.8, 4) is 22.7 Å². The van der Waals surface area contributed by atoms with Gasteiger partial charge in [0.25, 0.3) is 11.1 Å². The third kappa shape index (κ3) is 3.18. The Morgan fingerprint density at radius 3 is 2.45 bits per heavy atom. The summed E-state index contributed by atoms with van der Waals surface area (Å²) in [6, 6.07) is 17.2. The van der Waals surface area contributed by atoms with Crippen LogP contribution in [0.25, 0.3) is 28.7 Å². The number of fused-ring (bicyclic) bond motifs is 1. The highest BCUT2D eigenvalue weighted by atomic mass is 16.3. The second-order valence-electron chi connectivity index (χ2n) is 7.66. The number of anilines is 1. The molecule has 0 atom stereocenters. The van der Waals surface area contributed by atoms with Crippen molar-refractivity contribution in [3.05, 3.63) is 97.8 Å². The van der Waals surface area contributed by atoms with E-state index in [4.69, 9.17) is 5.73 Å². The highest BCUT2D eigenvalue weighted by molar-refractivity contribution is 5.73. The molecule has 3 heterocycles. The van der Waals surface area contributed by atoms with Crippen LogP contribution in [0.4, 0.5) is 5.82 Å². The van der Waals surface area contributed by atoms with E-state index in [9.17, 15) is 14.7 Å². The van der Waals surface area contributed by atoms with Gasteiger partial charge in [-0.15, -0.1) is 0 Å². The number of rotatable bonds is 3. The second kappa shape index (κ2) is 7.49. The number of aromatic nitrogens is 5. The normalized spacial score (nSPS) is 12.0. The average Bonchev–Trinajstić information content (AvgIpc) is 3.24. The summed E-state index contributed by atoms with van der Waals surface area (Å²) in [6.45, 7) is 1.82. The fourth-order valence-corrected chi connectivity index (χ4v) is 3.96. The van der Waals surface area contributed by atoms with Crippen LogP contribution < -0.4 is 22.1 Å². The van der Waals surface area contributed by atoms with Gasteiger partial charge in [0.1, 0.15) is 17.3 Å². The molecule has 0 bridgehead atoms. The number of hydrogen-bond donors (Lipinski definition) is 2. The highest BCUT2D eigenvalue weighted by Crippen LogP contribution is 2.21. The maximum absolute atomic E-state index is 13.6. The van der Waals surface area contributed by atoms with Crippen LogP contribution >= 0.6 is 0 Å². The molecular weight excluding hydrogens is 420 g/mol. The van der Waals surface area contributed by atoms with Crippen molar-refractivity contribution in [2.45, 2.75) is 6.92 Å². The number of para-hydroxylation sites is 2. The van der Waals surface area contributed by atoms with E-state index in [1.54, 1.807) is 46.8 Å². The number of nitrogens with zero attached hydrogens (tertiary/aromatic N) is 5. The van der Waals surface area contributed by atoms with Crippen LogP contribution in [0.3, 0.4) is 0 Å². The molecule has 0 saturated carbocycles. The predicted octanol–water partition coefficient (Wildman–Crippen LogP) is 1.39. The van der Waals surface area contributed by atoms with Crippen LogP contribution in [0.1, 0.15) is 11.3 Å². The third-order valence-electron chi connectivity index (χ3n) is 5.66. The summed E-state index contributed by atoms with van der Waals surface area (Å²) in [6.07, 6.45) is 1.65. The Hall–Kier alpha value is -4.66. The maximum Gasteiger partial charge on any atom is 0.281 e. The zero-order valence-corrected chi connectivity index (χ0v) is 17.9. The molecule has 3 aromatic heterocycles. The van der Waals surface area contributed by atoms with Crippen molar-refractivity contribution < 1.29 is 5.11 Å². The predicted molar refractivity (Wildman–Crippen MR) is 125 cm³/mol. The Morgan fingerprint density at radius 1 is 1.03 bits per heavy atom. The smallest absolute Gasteiger partial charge is 0.281 e. The van der Waals surface area contributed by atoms with Crippen LogP contribution in [-0.4, -0.2) is 29.1 Å². The molecule has 0 unspecified atom stereocenters. The van der Waals surface area contributed by atoms with Crippen LogP contribution in [0.5, 0.6) is 5.75 Å². The molecule has 0 fully saturated rings. The van der Waals surface area contributed by atoms with Gasteiger partial charge in [0.15, 0.2) is 5.65 Å². The fraction of sp³-hybridized carbons (Fsp3) is 0.0833. The van der Waals surface area contributed by atoms with Crippen LogP contribution in [0.15, 0.2) is 70.3 Å². The van der Waals surface area contributed by atoms with Crippen molar-refractivity contribution in [1.82, 2.24) is 24.0 Å². The molecule has 9 heteroatoms.